The fraction of sp³-hybridized carbons (Fsp3) is 0.857. The summed E-state index contributed by atoms with van der Waals surface area (Å²) in [5, 5.41) is 0. The highest BCUT2D eigenvalue weighted by Gasteiger charge is 2.43. The molecule has 0 spiro atoms. The first kappa shape index (κ1) is 13.8. The second-order valence-electron chi connectivity index (χ2n) is 5.76. The van der Waals surface area contributed by atoms with E-state index in [9.17, 15) is 0 Å². The minimum absolute atomic E-state index is 0.0986. The number of likely N-dealkylation sites (N-methyl/N-ethyl adjacent to an activating group) is 1. The van der Waals surface area contributed by atoms with Crippen molar-refractivity contribution in [2.45, 2.75) is 56.5 Å². The minimum atomic E-state index is 0.0986. The van der Waals surface area contributed by atoms with Crippen LogP contribution >= 0.6 is 0 Å². The molecule has 2 rings (SSSR count). The van der Waals surface area contributed by atoms with Crippen LogP contribution in [0.1, 0.15) is 44.9 Å². The number of hydrogen-bond acceptors (Lipinski definition) is 4. The zero-order chi connectivity index (χ0) is 13.0. The van der Waals surface area contributed by atoms with E-state index in [-0.39, 0.29) is 11.6 Å². The zero-order valence-corrected chi connectivity index (χ0v) is 11.7. The van der Waals surface area contributed by atoms with Crippen LogP contribution in [0.15, 0.2) is 11.8 Å². The predicted octanol–water partition coefficient (Wildman–Crippen LogP) is 1.78. The molecule has 1 aliphatic heterocycles. The van der Waals surface area contributed by atoms with Gasteiger partial charge in [-0.25, -0.2) is 5.43 Å². The van der Waals surface area contributed by atoms with E-state index in [1.54, 1.807) is 0 Å². The summed E-state index contributed by atoms with van der Waals surface area (Å²) in [4.78, 5) is 2.35. The molecule has 1 heterocycles. The second kappa shape index (κ2) is 6.04. The van der Waals surface area contributed by atoms with E-state index in [4.69, 9.17) is 10.6 Å². The third-order valence-corrected chi connectivity index (χ3v) is 4.58. The van der Waals surface area contributed by atoms with E-state index in [0.29, 0.717) is 0 Å². The maximum Gasteiger partial charge on any atom is 0.112 e. The molecule has 0 saturated heterocycles. The first-order chi connectivity index (χ1) is 8.70. The number of nitrogens with two attached hydrogens (primary N) is 1. The van der Waals surface area contributed by atoms with Crippen molar-refractivity contribution in [1.29, 1.82) is 0 Å². The standard InChI is InChI=1S/C14H27N3O/c1-17(2)14(9-5-3-4-6-10-14)13(16-15)12-8-7-11-18-12/h8,13,16H,3-7,9-11,15H2,1-2H3. The Labute approximate surface area is 111 Å². The Morgan fingerprint density at radius 1 is 1.28 bits per heavy atom. The topological polar surface area (TPSA) is 50.5 Å². The van der Waals surface area contributed by atoms with E-state index in [0.717, 1.165) is 18.8 Å². The fourth-order valence-corrected chi connectivity index (χ4v) is 3.48. The molecular weight excluding hydrogens is 226 g/mol. The van der Waals surface area contributed by atoms with Crippen LogP contribution in [0.3, 0.4) is 0 Å². The Hall–Kier alpha value is -0.580. The quantitative estimate of drug-likeness (QED) is 0.455. The van der Waals surface area contributed by atoms with Crippen molar-refractivity contribution in [3.63, 3.8) is 0 Å². The van der Waals surface area contributed by atoms with Gasteiger partial charge in [0.15, 0.2) is 0 Å². The molecule has 0 aromatic carbocycles. The summed E-state index contributed by atoms with van der Waals surface area (Å²) in [7, 11) is 4.34. The number of nitrogens with one attached hydrogen (secondary N) is 1. The van der Waals surface area contributed by atoms with E-state index >= 15 is 0 Å². The molecule has 1 unspecified atom stereocenters. The molecule has 1 aliphatic carbocycles. The molecule has 0 bridgehead atoms. The summed E-state index contributed by atoms with van der Waals surface area (Å²) in [6.07, 6.45) is 10.8. The third kappa shape index (κ3) is 2.56. The summed E-state index contributed by atoms with van der Waals surface area (Å²) in [5.74, 6) is 6.91. The predicted molar refractivity (Wildman–Crippen MR) is 73.9 cm³/mol. The minimum Gasteiger partial charge on any atom is -0.496 e. The number of hydrogen-bond donors (Lipinski definition) is 2. The molecule has 0 aromatic rings. The molecule has 0 radical (unpaired) electrons. The second-order valence-corrected chi connectivity index (χ2v) is 5.76. The molecule has 3 N–H and O–H groups in total. The summed E-state index contributed by atoms with van der Waals surface area (Å²) in [6, 6.07) is 0.119. The van der Waals surface area contributed by atoms with Gasteiger partial charge in [-0.3, -0.25) is 5.84 Å². The molecule has 4 heteroatoms. The van der Waals surface area contributed by atoms with Crippen LogP contribution < -0.4 is 11.3 Å². The zero-order valence-electron chi connectivity index (χ0n) is 11.7. The van der Waals surface area contributed by atoms with Crippen LogP contribution in [0, 0.1) is 0 Å². The van der Waals surface area contributed by atoms with Crippen LogP contribution in [-0.4, -0.2) is 37.2 Å². The average molecular weight is 253 g/mol. The van der Waals surface area contributed by atoms with Crippen molar-refractivity contribution in [3.8, 4) is 0 Å². The van der Waals surface area contributed by atoms with Crippen LogP contribution in [0.5, 0.6) is 0 Å². The van der Waals surface area contributed by atoms with E-state index in [2.05, 4.69) is 30.5 Å². The van der Waals surface area contributed by atoms with Crippen molar-refractivity contribution in [2.75, 3.05) is 20.7 Å². The van der Waals surface area contributed by atoms with Crippen molar-refractivity contribution in [2.24, 2.45) is 5.84 Å². The molecule has 2 aliphatic rings. The van der Waals surface area contributed by atoms with E-state index < -0.39 is 0 Å². The highest BCUT2D eigenvalue weighted by atomic mass is 16.5. The Balaban J connectivity index is 2.25. The van der Waals surface area contributed by atoms with Gasteiger partial charge in [0.1, 0.15) is 5.76 Å². The van der Waals surface area contributed by atoms with Crippen molar-refractivity contribution in [1.82, 2.24) is 10.3 Å². The fourth-order valence-electron chi connectivity index (χ4n) is 3.48. The lowest BCUT2D eigenvalue weighted by molar-refractivity contribution is 0.0657. The molecule has 1 atom stereocenters. The van der Waals surface area contributed by atoms with Gasteiger partial charge < -0.3 is 9.64 Å². The Morgan fingerprint density at radius 3 is 2.39 bits per heavy atom. The van der Waals surface area contributed by atoms with Gasteiger partial charge in [-0.05, 0) is 33.0 Å². The first-order valence-corrected chi connectivity index (χ1v) is 7.17. The molecular formula is C14H27N3O. The van der Waals surface area contributed by atoms with Gasteiger partial charge in [0.05, 0.1) is 12.6 Å². The van der Waals surface area contributed by atoms with Crippen LogP contribution in [0.4, 0.5) is 0 Å². The normalized spacial score (nSPS) is 25.4. The average Bonchev–Trinajstić information content (AvgIpc) is 2.75. The number of ether oxygens (including phenoxy) is 1. The van der Waals surface area contributed by atoms with Gasteiger partial charge in [-0.2, -0.15) is 0 Å². The highest BCUT2D eigenvalue weighted by molar-refractivity contribution is 5.17. The molecule has 0 amide bonds. The van der Waals surface area contributed by atoms with Crippen LogP contribution in [0.2, 0.25) is 0 Å². The lowest BCUT2D eigenvalue weighted by Gasteiger charge is -2.45. The number of hydrazine groups is 1. The van der Waals surface area contributed by atoms with Crippen molar-refractivity contribution < 1.29 is 4.74 Å². The van der Waals surface area contributed by atoms with Crippen LogP contribution in [0.25, 0.3) is 0 Å². The van der Waals surface area contributed by atoms with Crippen molar-refractivity contribution in [3.05, 3.63) is 11.8 Å². The summed E-state index contributed by atoms with van der Waals surface area (Å²) in [5.41, 5.74) is 3.13. The maximum atomic E-state index is 5.86. The highest BCUT2D eigenvalue weighted by Crippen LogP contribution is 2.37. The van der Waals surface area contributed by atoms with Gasteiger partial charge >= 0.3 is 0 Å². The van der Waals surface area contributed by atoms with Crippen molar-refractivity contribution >= 4 is 0 Å². The molecule has 0 aromatic heterocycles. The molecule has 18 heavy (non-hydrogen) atoms. The summed E-state index contributed by atoms with van der Waals surface area (Å²) < 4.78 is 5.77. The van der Waals surface area contributed by atoms with Crippen LogP contribution in [-0.2, 0) is 4.74 Å². The van der Waals surface area contributed by atoms with Gasteiger partial charge in [0, 0.05) is 12.0 Å². The van der Waals surface area contributed by atoms with E-state index in [1.165, 1.54) is 38.5 Å². The lowest BCUT2D eigenvalue weighted by atomic mass is 9.80. The Bertz CT molecular complexity index is 293. The van der Waals surface area contributed by atoms with Gasteiger partial charge in [0.2, 0.25) is 0 Å². The SMILES string of the molecule is CN(C)C1(C(NN)C2=CCCO2)CCCCCC1. The third-order valence-electron chi connectivity index (χ3n) is 4.58. The van der Waals surface area contributed by atoms with Gasteiger partial charge in [0.25, 0.3) is 0 Å². The van der Waals surface area contributed by atoms with Gasteiger partial charge in [-0.1, -0.05) is 25.7 Å². The Morgan fingerprint density at radius 2 is 1.94 bits per heavy atom. The van der Waals surface area contributed by atoms with Gasteiger partial charge in [-0.15, -0.1) is 0 Å². The van der Waals surface area contributed by atoms with E-state index in [1.807, 2.05) is 0 Å². The largest absolute Gasteiger partial charge is 0.496 e. The summed E-state index contributed by atoms with van der Waals surface area (Å²) in [6.45, 7) is 0.803. The molecule has 4 nitrogen and oxygen atoms in total. The first-order valence-electron chi connectivity index (χ1n) is 7.17. The lowest BCUT2D eigenvalue weighted by Crippen LogP contribution is -2.61. The molecule has 1 fully saturated rings. The number of nitrogens with zero attached hydrogens (tertiary/aromatic N) is 1. The maximum absolute atomic E-state index is 5.86. The summed E-state index contributed by atoms with van der Waals surface area (Å²) >= 11 is 0. The monoisotopic (exact) mass is 253 g/mol. The smallest absolute Gasteiger partial charge is 0.112 e. The molecule has 104 valence electrons. The Kier molecular flexibility index (Phi) is 4.65. The molecule has 1 saturated carbocycles. The number of rotatable bonds is 4.